The van der Waals surface area contributed by atoms with Crippen molar-refractivity contribution in [2.24, 2.45) is 0 Å². The van der Waals surface area contributed by atoms with Gasteiger partial charge in [0.05, 0.1) is 22.3 Å². The summed E-state index contributed by atoms with van der Waals surface area (Å²) in [4.78, 5) is 23.7. The molecule has 0 aromatic heterocycles. The Morgan fingerprint density at radius 2 is 1.80 bits per heavy atom. The zero-order chi connectivity index (χ0) is 11.0. The molecular formula is C9H6Cl2N2O2. The van der Waals surface area contributed by atoms with Gasteiger partial charge in [0.1, 0.15) is 0 Å². The maximum absolute atomic E-state index is 11.4. The molecule has 0 saturated carbocycles. The first-order valence-electron chi connectivity index (χ1n) is 4.16. The molecule has 0 radical (unpaired) electrons. The van der Waals surface area contributed by atoms with Gasteiger partial charge in [-0.15, -0.1) is 0 Å². The molecule has 0 spiro atoms. The third-order valence-electron chi connectivity index (χ3n) is 2.00. The highest BCUT2D eigenvalue weighted by atomic mass is 35.5. The van der Waals surface area contributed by atoms with E-state index >= 15 is 0 Å². The van der Waals surface area contributed by atoms with Crippen molar-refractivity contribution in [3.05, 3.63) is 28.2 Å². The number of para-hydroxylation sites is 1. The van der Waals surface area contributed by atoms with Crippen LogP contribution in [0.4, 0.5) is 10.5 Å². The largest absolute Gasteiger partial charge is 0.329 e. The highest BCUT2D eigenvalue weighted by Crippen LogP contribution is 2.34. The van der Waals surface area contributed by atoms with Crippen molar-refractivity contribution >= 4 is 40.8 Å². The standard InChI is InChI=1S/C9H6Cl2N2O2/c10-5-2-1-3-6(11)8(5)13-7(14)4-12-9(13)15/h1-3H,4H2,(H,12,15). The molecule has 0 atom stereocenters. The van der Waals surface area contributed by atoms with Gasteiger partial charge >= 0.3 is 6.03 Å². The number of hydrogen-bond donors (Lipinski definition) is 1. The van der Waals surface area contributed by atoms with Crippen molar-refractivity contribution in [3.63, 3.8) is 0 Å². The third-order valence-corrected chi connectivity index (χ3v) is 2.61. The Bertz CT molecular complexity index is 411. The summed E-state index contributed by atoms with van der Waals surface area (Å²) in [6.45, 7) is -0.0274. The topological polar surface area (TPSA) is 49.4 Å². The summed E-state index contributed by atoms with van der Waals surface area (Å²) >= 11 is 11.8. The number of anilines is 1. The number of nitrogens with zero attached hydrogens (tertiary/aromatic N) is 1. The van der Waals surface area contributed by atoms with Crippen molar-refractivity contribution in [2.45, 2.75) is 0 Å². The number of urea groups is 1. The summed E-state index contributed by atoms with van der Waals surface area (Å²) in [7, 11) is 0. The summed E-state index contributed by atoms with van der Waals surface area (Å²) in [5, 5.41) is 2.93. The minimum absolute atomic E-state index is 0.0274. The Morgan fingerprint density at radius 1 is 1.20 bits per heavy atom. The fraction of sp³-hybridized carbons (Fsp3) is 0.111. The molecule has 4 nitrogen and oxygen atoms in total. The molecule has 1 aromatic carbocycles. The molecule has 1 heterocycles. The number of rotatable bonds is 1. The predicted octanol–water partition coefficient (Wildman–Crippen LogP) is 2.05. The predicted molar refractivity (Wildman–Crippen MR) is 57.3 cm³/mol. The van der Waals surface area contributed by atoms with Crippen LogP contribution in [0.5, 0.6) is 0 Å². The van der Waals surface area contributed by atoms with Crippen molar-refractivity contribution in [2.75, 3.05) is 11.4 Å². The lowest BCUT2D eigenvalue weighted by molar-refractivity contribution is -0.115. The smallest absolute Gasteiger partial charge is 0.328 e. The Balaban J connectivity index is 2.53. The van der Waals surface area contributed by atoms with Crippen LogP contribution < -0.4 is 10.2 Å². The van der Waals surface area contributed by atoms with Gasteiger partial charge in [0, 0.05) is 0 Å². The molecule has 0 unspecified atom stereocenters. The fourth-order valence-corrected chi connectivity index (χ4v) is 1.92. The fourth-order valence-electron chi connectivity index (χ4n) is 1.35. The van der Waals surface area contributed by atoms with Gasteiger partial charge in [-0.05, 0) is 12.1 Å². The van der Waals surface area contributed by atoms with E-state index in [4.69, 9.17) is 23.2 Å². The summed E-state index contributed by atoms with van der Waals surface area (Å²) < 4.78 is 0. The number of nitrogens with one attached hydrogen (secondary N) is 1. The zero-order valence-corrected chi connectivity index (χ0v) is 8.97. The number of carbonyl (C=O) groups is 2. The van der Waals surface area contributed by atoms with Gasteiger partial charge in [0.25, 0.3) is 5.91 Å². The lowest BCUT2D eigenvalue weighted by atomic mass is 10.3. The highest BCUT2D eigenvalue weighted by molar-refractivity contribution is 6.41. The average Bonchev–Trinajstić information content (AvgIpc) is 2.49. The van der Waals surface area contributed by atoms with Crippen molar-refractivity contribution in [3.8, 4) is 0 Å². The number of halogens is 2. The maximum Gasteiger partial charge on any atom is 0.329 e. The molecule has 0 bridgehead atoms. The number of amides is 3. The molecule has 0 aliphatic carbocycles. The summed E-state index contributed by atoms with van der Waals surface area (Å²) in [5.41, 5.74) is 0.237. The second-order valence-electron chi connectivity index (χ2n) is 2.96. The van der Waals surface area contributed by atoms with Crippen molar-refractivity contribution < 1.29 is 9.59 Å². The normalized spacial score (nSPS) is 15.7. The first kappa shape index (κ1) is 10.3. The van der Waals surface area contributed by atoms with Crippen LogP contribution in [0.2, 0.25) is 10.0 Å². The first-order chi connectivity index (χ1) is 7.11. The van der Waals surface area contributed by atoms with Crippen LogP contribution in [0, 0.1) is 0 Å². The Kier molecular flexibility index (Phi) is 2.54. The van der Waals surface area contributed by atoms with Crippen LogP contribution in [0.15, 0.2) is 18.2 Å². The third kappa shape index (κ3) is 1.66. The molecule has 1 aliphatic heterocycles. The van der Waals surface area contributed by atoms with E-state index in [1.807, 2.05) is 0 Å². The van der Waals surface area contributed by atoms with Gasteiger partial charge in [-0.1, -0.05) is 29.3 Å². The van der Waals surface area contributed by atoms with Gasteiger partial charge in [-0.3, -0.25) is 4.79 Å². The van der Waals surface area contributed by atoms with E-state index in [1.165, 1.54) is 0 Å². The van der Waals surface area contributed by atoms with E-state index < -0.39 is 6.03 Å². The molecule has 1 fully saturated rings. The zero-order valence-electron chi connectivity index (χ0n) is 7.46. The van der Waals surface area contributed by atoms with Crippen LogP contribution in [0.3, 0.4) is 0 Å². The van der Waals surface area contributed by atoms with Crippen LogP contribution in [0.25, 0.3) is 0 Å². The van der Waals surface area contributed by atoms with Crippen LogP contribution in [-0.2, 0) is 4.79 Å². The van der Waals surface area contributed by atoms with Crippen LogP contribution in [0.1, 0.15) is 0 Å². The Labute approximate surface area is 95.8 Å². The Morgan fingerprint density at radius 3 is 2.27 bits per heavy atom. The molecule has 1 aromatic rings. The molecule has 3 amide bonds. The van der Waals surface area contributed by atoms with Crippen LogP contribution in [-0.4, -0.2) is 18.5 Å². The van der Waals surface area contributed by atoms with Crippen molar-refractivity contribution in [1.82, 2.24) is 5.32 Å². The van der Waals surface area contributed by atoms with E-state index in [9.17, 15) is 9.59 Å². The molecule has 78 valence electrons. The second kappa shape index (κ2) is 3.72. The second-order valence-corrected chi connectivity index (χ2v) is 3.77. The Hall–Kier alpha value is -1.26. The molecule has 1 N–H and O–H groups in total. The van der Waals surface area contributed by atoms with Gasteiger partial charge in [-0.25, -0.2) is 9.69 Å². The molecule has 15 heavy (non-hydrogen) atoms. The summed E-state index contributed by atoms with van der Waals surface area (Å²) in [5.74, 6) is -0.366. The lowest BCUT2D eigenvalue weighted by Crippen LogP contribution is -2.31. The van der Waals surface area contributed by atoms with Gasteiger partial charge in [0.2, 0.25) is 0 Å². The quantitative estimate of drug-likeness (QED) is 0.769. The highest BCUT2D eigenvalue weighted by Gasteiger charge is 2.32. The van der Waals surface area contributed by atoms with E-state index in [0.717, 1.165) is 4.90 Å². The van der Waals surface area contributed by atoms with E-state index in [0.29, 0.717) is 0 Å². The first-order valence-corrected chi connectivity index (χ1v) is 4.91. The van der Waals surface area contributed by atoms with E-state index in [-0.39, 0.29) is 28.2 Å². The van der Waals surface area contributed by atoms with Gasteiger partial charge in [0.15, 0.2) is 0 Å². The van der Waals surface area contributed by atoms with E-state index in [2.05, 4.69) is 5.32 Å². The minimum atomic E-state index is -0.505. The van der Waals surface area contributed by atoms with Gasteiger partial charge < -0.3 is 5.32 Å². The van der Waals surface area contributed by atoms with Crippen LogP contribution >= 0.6 is 23.2 Å². The molecule has 1 aliphatic rings. The molecule has 2 rings (SSSR count). The summed E-state index contributed by atoms with van der Waals surface area (Å²) in [6, 6.07) is 4.28. The SMILES string of the molecule is O=C1CNC(=O)N1c1c(Cl)cccc1Cl. The number of carbonyl (C=O) groups excluding carboxylic acids is 2. The van der Waals surface area contributed by atoms with Gasteiger partial charge in [-0.2, -0.15) is 0 Å². The van der Waals surface area contributed by atoms with E-state index in [1.54, 1.807) is 18.2 Å². The number of imide groups is 1. The minimum Gasteiger partial charge on any atom is -0.328 e. The summed E-state index contributed by atoms with van der Waals surface area (Å²) in [6.07, 6.45) is 0. The monoisotopic (exact) mass is 244 g/mol. The molecule has 6 heteroatoms. The molecule has 1 saturated heterocycles. The lowest BCUT2D eigenvalue weighted by Gasteiger charge is -2.15. The number of benzene rings is 1. The molecular weight excluding hydrogens is 239 g/mol. The average molecular weight is 245 g/mol. The maximum atomic E-state index is 11.4. The van der Waals surface area contributed by atoms with Crippen molar-refractivity contribution in [1.29, 1.82) is 0 Å². The number of hydrogen-bond acceptors (Lipinski definition) is 2.